The largest absolute Gasteiger partial charge is 0.294 e. The molecule has 2 nitrogen and oxygen atoms in total. The average Bonchev–Trinajstić information content (AvgIpc) is 2.12. The minimum absolute atomic E-state index is 0.532. The van der Waals surface area contributed by atoms with Crippen LogP contribution < -0.4 is 0 Å². The molecule has 0 aromatic heterocycles. The average molecular weight is 85.1 g/mol. The van der Waals surface area contributed by atoms with Gasteiger partial charge in [-0.2, -0.15) is 5.06 Å². The molecule has 34 valence electrons. The minimum atomic E-state index is 0.532. The Bertz CT molecular complexity index is 83.6. The molecule has 2 saturated heterocycles. The van der Waals surface area contributed by atoms with Crippen LogP contribution in [0.1, 0.15) is 6.92 Å². The summed E-state index contributed by atoms with van der Waals surface area (Å²) in [5.74, 6) is 0. The maximum absolute atomic E-state index is 5.05. The predicted molar refractivity (Wildman–Crippen MR) is 21.0 cm³/mol. The highest BCUT2D eigenvalue weighted by Crippen LogP contribution is 2.34. The van der Waals surface area contributed by atoms with Crippen molar-refractivity contribution in [2.75, 3.05) is 6.54 Å². The zero-order valence-electron chi connectivity index (χ0n) is 3.72. The molecular weight excluding hydrogens is 78.0 g/mol. The Morgan fingerprint density at radius 3 is 2.67 bits per heavy atom. The van der Waals surface area contributed by atoms with Crippen LogP contribution in [0.5, 0.6) is 0 Å². The van der Waals surface area contributed by atoms with E-state index < -0.39 is 0 Å². The van der Waals surface area contributed by atoms with E-state index in [-0.39, 0.29) is 0 Å². The highest BCUT2D eigenvalue weighted by Gasteiger charge is 2.51. The van der Waals surface area contributed by atoms with Crippen molar-refractivity contribution in [1.82, 2.24) is 5.06 Å². The van der Waals surface area contributed by atoms with E-state index in [1.165, 1.54) is 6.54 Å². The summed E-state index contributed by atoms with van der Waals surface area (Å²) in [7, 11) is 0. The van der Waals surface area contributed by atoms with Gasteiger partial charge in [-0.1, -0.05) is 0 Å². The van der Waals surface area contributed by atoms with Crippen molar-refractivity contribution < 1.29 is 4.84 Å². The Labute approximate surface area is 36.6 Å². The first-order chi connectivity index (χ1) is 2.88. The van der Waals surface area contributed by atoms with Crippen molar-refractivity contribution in [3.05, 3.63) is 0 Å². The van der Waals surface area contributed by atoms with Crippen molar-refractivity contribution >= 4 is 0 Å². The van der Waals surface area contributed by atoms with Crippen LogP contribution in [-0.4, -0.2) is 23.8 Å². The second kappa shape index (κ2) is 0.634. The van der Waals surface area contributed by atoms with Gasteiger partial charge in [-0.25, -0.2) is 0 Å². The fourth-order valence-corrected chi connectivity index (χ4v) is 0.863. The molecule has 0 N–H and O–H groups in total. The van der Waals surface area contributed by atoms with Gasteiger partial charge in [0.25, 0.3) is 0 Å². The molecule has 6 heavy (non-hydrogen) atoms. The molecule has 0 radical (unpaired) electrons. The van der Waals surface area contributed by atoms with Gasteiger partial charge in [0.15, 0.2) is 0 Å². The summed E-state index contributed by atoms with van der Waals surface area (Å²) >= 11 is 0. The quantitative estimate of drug-likeness (QED) is 0.384. The van der Waals surface area contributed by atoms with Crippen LogP contribution >= 0.6 is 0 Å². The van der Waals surface area contributed by atoms with Crippen LogP contribution in [0.25, 0.3) is 0 Å². The number of hydrogen-bond donors (Lipinski definition) is 0. The summed E-state index contributed by atoms with van der Waals surface area (Å²) in [6.45, 7) is 3.29. The van der Waals surface area contributed by atoms with E-state index in [1.807, 2.05) is 5.06 Å². The lowest BCUT2D eigenvalue weighted by molar-refractivity contribution is -0.202. The number of hydroxylamine groups is 2. The molecular formula is C4H7NO. The van der Waals surface area contributed by atoms with Gasteiger partial charge in [0, 0.05) is 6.54 Å². The van der Waals surface area contributed by atoms with Gasteiger partial charge < -0.3 is 0 Å². The molecule has 0 spiro atoms. The summed E-state index contributed by atoms with van der Waals surface area (Å²) in [5.41, 5.74) is 0. The second-order valence-electron chi connectivity index (χ2n) is 1.98. The first kappa shape index (κ1) is 2.99. The van der Waals surface area contributed by atoms with Gasteiger partial charge in [-0.3, -0.25) is 4.84 Å². The monoisotopic (exact) mass is 85.1 g/mol. The van der Waals surface area contributed by atoms with Gasteiger partial charge >= 0.3 is 0 Å². The molecule has 0 aliphatic carbocycles. The first-order valence-electron chi connectivity index (χ1n) is 2.31. The van der Waals surface area contributed by atoms with E-state index in [9.17, 15) is 0 Å². The number of rotatable bonds is 0. The van der Waals surface area contributed by atoms with Gasteiger partial charge in [-0.15, -0.1) is 0 Å². The lowest BCUT2D eigenvalue weighted by Gasteiger charge is -2.20. The van der Waals surface area contributed by atoms with Crippen LogP contribution in [0.4, 0.5) is 0 Å². The summed E-state index contributed by atoms with van der Waals surface area (Å²) in [6, 6.07) is 0.810. The standard InChI is InChI=1S/C4H7NO/c1-3-4-2-5(4)6-3/h3-4H,2H2,1H3/t3-,4-,5?/m0/s1. The van der Waals surface area contributed by atoms with Crippen LogP contribution in [-0.2, 0) is 4.84 Å². The second-order valence-corrected chi connectivity index (χ2v) is 1.98. The Morgan fingerprint density at radius 1 is 1.83 bits per heavy atom. The topological polar surface area (TPSA) is 12.2 Å². The fraction of sp³-hybridized carbons (Fsp3) is 1.00. The normalized spacial score (nSPS) is 62.5. The molecule has 2 fully saturated rings. The van der Waals surface area contributed by atoms with Crippen LogP contribution in [0.3, 0.4) is 0 Å². The number of nitrogens with zero attached hydrogens (tertiary/aromatic N) is 1. The number of fused-ring (bicyclic) bond motifs is 1. The van der Waals surface area contributed by atoms with Gasteiger partial charge in [-0.05, 0) is 6.92 Å². The van der Waals surface area contributed by atoms with Crippen molar-refractivity contribution in [3.63, 3.8) is 0 Å². The molecule has 0 aromatic rings. The van der Waals surface area contributed by atoms with E-state index in [4.69, 9.17) is 4.84 Å². The summed E-state index contributed by atoms with van der Waals surface area (Å²) in [4.78, 5) is 5.05. The third-order valence-electron chi connectivity index (χ3n) is 1.45. The van der Waals surface area contributed by atoms with Crippen LogP contribution in [0.15, 0.2) is 0 Å². The Morgan fingerprint density at radius 2 is 2.67 bits per heavy atom. The molecule has 2 aliphatic heterocycles. The molecule has 3 atom stereocenters. The molecule has 0 bridgehead atoms. The highest BCUT2D eigenvalue weighted by atomic mass is 16.7. The molecule has 0 amide bonds. The maximum atomic E-state index is 5.05. The first-order valence-corrected chi connectivity index (χ1v) is 2.31. The zero-order chi connectivity index (χ0) is 4.15. The Kier molecular flexibility index (Phi) is 0.316. The summed E-state index contributed by atoms with van der Waals surface area (Å²) in [6.07, 6.45) is 0.532. The summed E-state index contributed by atoms with van der Waals surface area (Å²) in [5, 5.41) is 1.99. The maximum Gasteiger partial charge on any atom is 0.0956 e. The SMILES string of the molecule is C[C@@H]1ON2C[C@@H]12. The van der Waals surface area contributed by atoms with Crippen molar-refractivity contribution in [2.24, 2.45) is 0 Å². The van der Waals surface area contributed by atoms with E-state index in [0.717, 1.165) is 6.04 Å². The van der Waals surface area contributed by atoms with E-state index in [2.05, 4.69) is 6.92 Å². The third-order valence-corrected chi connectivity index (χ3v) is 1.45. The fourth-order valence-electron chi connectivity index (χ4n) is 0.863. The van der Waals surface area contributed by atoms with E-state index in [1.54, 1.807) is 0 Å². The van der Waals surface area contributed by atoms with Gasteiger partial charge in [0.1, 0.15) is 0 Å². The third kappa shape index (κ3) is 0.172. The summed E-state index contributed by atoms with van der Waals surface area (Å²) < 4.78 is 0. The van der Waals surface area contributed by atoms with Gasteiger partial charge in [0.2, 0.25) is 0 Å². The lowest BCUT2D eigenvalue weighted by atomic mass is 10.3. The van der Waals surface area contributed by atoms with Crippen molar-refractivity contribution in [3.8, 4) is 0 Å². The minimum Gasteiger partial charge on any atom is -0.294 e. The van der Waals surface area contributed by atoms with Gasteiger partial charge in [0.05, 0.1) is 12.1 Å². The Hall–Kier alpha value is -0.0800. The van der Waals surface area contributed by atoms with E-state index >= 15 is 0 Å². The smallest absolute Gasteiger partial charge is 0.0956 e. The molecule has 2 heterocycles. The molecule has 1 unspecified atom stereocenters. The zero-order valence-corrected chi connectivity index (χ0v) is 3.72. The molecule has 0 aromatic carbocycles. The van der Waals surface area contributed by atoms with Crippen molar-refractivity contribution in [2.45, 2.75) is 19.1 Å². The Balaban J connectivity index is 2.08. The lowest BCUT2D eigenvalue weighted by Crippen LogP contribution is -2.31. The number of hydrogen-bond acceptors (Lipinski definition) is 2. The highest BCUT2D eigenvalue weighted by molar-refractivity contribution is 4.95. The predicted octanol–water partition coefficient (Wildman–Crippen LogP) is 0.00430. The van der Waals surface area contributed by atoms with Crippen LogP contribution in [0, 0.1) is 0 Å². The molecule has 0 saturated carbocycles. The molecule has 2 aliphatic rings. The molecule has 2 rings (SSSR count). The van der Waals surface area contributed by atoms with Crippen LogP contribution in [0.2, 0.25) is 0 Å². The molecule has 2 heteroatoms. The van der Waals surface area contributed by atoms with Crippen molar-refractivity contribution in [1.29, 1.82) is 0 Å². The van der Waals surface area contributed by atoms with E-state index in [0.29, 0.717) is 6.10 Å².